The van der Waals surface area contributed by atoms with Crippen LogP contribution < -0.4 is 5.32 Å². The summed E-state index contributed by atoms with van der Waals surface area (Å²) < 4.78 is 4.67. The minimum Gasteiger partial charge on any atom is -0.465 e. The molecule has 2 heterocycles. The van der Waals surface area contributed by atoms with E-state index in [2.05, 4.69) is 15.0 Å². The summed E-state index contributed by atoms with van der Waals surface area (Å²) in [6, 6.07) is 12.0. The molecule has 1 aliphatic rings. The highest BCUT2D eigenvalue weighted by molar-refractivity contribution is 5.98. The Morgan fingerprint density at radius 2 is 2.12 bits per heavy atom. The smallest absolute Gasteiger partial charge is 0.337 e. The van der Waals surface area contributed by atoms with E-state index in [1.807, 2.05) is 18.2 Å². The lowest BCUT2D eigenvalue weighted by atomic mass is 10.1. The van der Waals surface area contributed by atoms with Crippen LogP contribution in [-0.2, 0) is 20.9 Å². The highest BCUT2D eigenvalue weighted by Crippen LogP contribution is 2.22. The van der Waals surface area contributed by atoms with Crippen LogP contribution in [0.25, 0.3) is 0 Å². The SMILES string of the molecule is COC(=O)c1cccc(NC(=O)[C@@H]2CC(=O)N(Cc3ccccn3)C2)c1. The number of carbonyl (C=O) groups excluding carboxylic acids is 3. The summed E-state index contributed by atoms with van der Waals surface area (Å²) in [7, 11) is 1.30. The number of hydrogen-bond donors (Lipinski definition) is 1. The van der Waals surface area contributed by atoms with Gasteiger partial charge in [-0.3, -0.25) is 14.6 Å². The van der Waals surface area contributed by atoms with Gasteiger partial charge in [0.15, 0.2) is 0 Å². The van der Waals surface area contributed by atoms with Gasteiger partial charge < -0.3 is 15.0 Å². The van der Waals surface area contributed by atoms with Gasteiger partial charge in [0.05, 0.1) is 30.8 Å². The van der Waals surface area contributed by atoms with Crippen molar-refractivity contribution in [3.05, 3.63) is 59.9 Å². The van der Waals surface area contributed by atoms with E-state index in [1.165, 1.54) is 7.11 Å². The van der Waals surface area contributed by atoms with Crippen molar-refractivity contribution in [1.82, 2.24) is 9.88 Å². The van der Waals surface area contributed by atoms with Crippen LogP contribution in [0.1, 0.15) is 22.5 Å². The monoisotopic (exact) mass is 353 g/mol. The van der Waals surface area contributed by atoms with Gasteiger partial charge in [-0.05, 0) is 30.3 Å². The number of ether oxygens (including phenoxy) is 1. The Balaban J connectivity index is 1.62. The third kappa shape index (κ3) is 4.05. The topological polar surface area (TPSA) is 88.6 Å². The maximum absolute atomic E-state index is 12.5. The molecule has 0 unspecified atom stereocenters. The van der Waals surface area contributed by atoms with Gasteiger partial charge in [0, 0.05) is 24.8 Å². The predicted molar refractivity (Wildman–Crippen MR) is 94.2 cm³/mol. The molecule has 0 spiro atoms. The first-order chi connectivity index (χ1) is 12.6. The number of benzene rings is 1. The second-order valence-electron chi connectivity index (χ2n) is 6.06. The van der Waals surface area contributed by atoms with Crippen LogP contribution in [0, 0.1) is 5.92 Å². The zero-order valence-electron chi connectivity index (χ0n) is 14.3. The summed E-state index contributed by atoms with van der Waals surface area (Å²) in [5.74, 6) is -1.23. The van der Waals surface area contributed by atoms with Crippen LogP contribution in [0.5, 0.6) is 0 Å². The van der Waals surface area contributed by atoms with Crippen LogP contribution in [0.15, 0.2) is 48.7 Å². The Kier molecular flexibility index (Phi) is 5.26. The molecule has 0 radical (unpaired) electrons. The molecular formula is C19H19N3O4. The Labute approximate surface area is 151 Å². The van der Waals surface area contributed by atoms with Crippen molar-refractivity contribution in [2.75, 3.05) is 19.0 Å². The van der Waals surface area contributed by atoms with E-state index in [1.54, 1.807) is 35.4 Å². The van der Waals surface area contributed by atoms with E-state index < -0.39 is 11.9 Å². The van der Waals surface area contributed by atoms with Crippen molar-refractivity contribution in [3.63, 3.8) is 0 Å². The highest BCUT2D eigenvalue weighted by Gasteiger charge is 2.34. The lowest BCUT2D eigenvalue weighted by Crippen LogP contribution is -2.28. The average Bonchev–Trinajstić information content (AvgIpc) is 3.03. The molecule has 1 fully saturated rings. The third-order valence-electron chi connectivity index (χ3n) is 4.22. The summed E-state index contributed by atoms with van der Waals surface area (Å²) in [6.07, 6.45) is 1.84. The zero-order chi connectivity index (χ0) is 18.5. The van der Waals surface area contributed by atoms with Gasteiger partial charge in [0.1, 0.15) is 0 Å². The van der Waals surface area contributed by atoms with Gasteiger partial charge >= 0.3 is 5.97 Å². The van der Waals surface area contributed by atoms with Crippen molar-refractivity contribution in [2.45, 2.75) is 13.0 Å². The van der Waals surface area contributed by atoms with Gasteiger partial charge in [-0.15, -0.1) is 0 Å². The van der Waals surface area contributed by atoms with Crippen molar-refractivity contribution < 1.29 is 19.1 Å². The standard InChI is InChI=1S/C19H19N3O4/c1-26-19(25)13-5-4-7-15(9-13)21-18(24)14-10-17(23)22(11-14)12-16-6-2-3-8-20-16/h2-9,14H,10-12H2,1H3,(H,21,24)/t14-/m1/s1. The molecule has 26 heavy (non-hydrogen) atoms. The van der Waals surface area contributed by atoms with Crippen molar-refractivity contribution >= 4 is 23.5 Å². The van der Waals surface area contributed by atoms with E-state index in [0.29, 0.717) is 24.3 Å². The van der Waals surface area contributed by atoms with Gasteiger partial charge in [0.25, 0.3) is 0 Å². The Morgan fingerprint density at radius 3 is 2.85 bits per heavy atom. The number of methoxy groups -OCH3 is 1. The lowest BCUT2D eigenvalue weighted by molar-refractivity contribution is -0.128. The second-order valence-corrected chi connectivity index (χ2v) is 6.06. The van der Waals surface area contributed by atoms with Crippen LogP contribution in [0.3, 0.4) is 0 Å². The number of rotatable bonds is 5. The number of carbonyl (C=O) groups is 3. The van der Waals surface area contributed by atoms with Crippen molar-refractivity contribution in [3.8, 4) is 0 Å². The molecule has 2 aromatic rings. The molecule has 3 rings (SSSR count). The fourth-order valence-electron chi connectivity index (χ4n) is 2.87. The van der Waals surface area contributed by atoms with E-state index in [9.17, 15) is 14.4 Å². The quantitative estimate of drug-likeness (QED) is 0.829. The fourth-order valence-corrected chi connectivity index (χ4v) is 2.87. The summed E-state index contributed by atoms with van der Waals surface area (Å²) in [5.41, 5.74) is 1.63. The van der Waals surface area contributed by atoms with Crippen LogP contribution in [0.2, 0.25) is 0 Å². The first-order valence-corrected chi connectivity index (χ1v) is 8.23. The molecule has 7 heteroatoms. The predicted octanol–water partition coefficient (Wildman–Crippen LogP) is 1.86. The first kappa shape index (κ1) is 17.6. The van der Waals surface area contributed by atoms with E-state index in [-0.39, 0.29) is 18.2 Å². The highest BCUT2D eigenvalue weighted by atomic mass is 16.5. The number of esters is 1. The van der Waals surface area contributed by atoms with Crippen LogP contribution in [0.4, 0.5) is 5.69 Å². The maximum atomic E-state index is 12.5. The number of nitrogens with one attached hydrogen (secondary N) is 1. The summed E-state index contributed by atoms with van der Waals surface area (Å²) in [5, 5.41) is 2.77. The number of likely N-dealkylation sites (tertiary alicyclic amines) is 1. The molecule has 1 aromatic heterocycles. The van der Waals surface area contributed by atoms with Gasteiger partial charge in [-0.1, -0.05) is 12.1 Å². The number of anilines is 1. The molecule has 1 atom stereocenters. The van der Waals surface area contributed by atoms with Gasteiger partial charge in [-0.25, -0.2) is 4.79 Å². The van der Waals surface area contributed by atoms with Crippen LogP contribution in [-0.4, -0.2) is 41.3 Å². The number of pyridine rings is 1. The molecule has 1 N–H and O–H groups in total. The Bertz CT molecular complexity index is 823. The number of hydrogen-bond acceptors (Lipinski definition) is 5. The minimum absolute atomic E-state index is 0.0703. The molecule has 1 saturated heterocycles. The number of aromatic nitrogens is 1. The van der Waals surface area contributed by atoms with E-state index >= 15 is 0 Å². The number of nitrogens with zero attached hydrogens (tertiary/aromatic N) is 2. The first-order valence-electron chi connectivity index (χ1n) is 8.23. The zero-order valence-corrected chi connectivity index (χ0v) is 14.3. The van der Waals surface area contributed by atoms with Crippen molar-refractivity contribution in [1.29, 1.82) is 0 Å². The van der Waals surface area contributed by atoms with E-state index in [4.69, 9.17) is 0 Å². The van der Waals surface area contributed by atoms with Crippen LogP contribution >= 0.6 is 0 Å². The largest absolute Gasteiger partial charge is 0.465 e. The Hall–Kier alpha value is -3.22. The third-order valence-corrected chi connectivity index (χ3v) is 4.22. The summed E-state index contributed by atoms with van der Waals surface area (Å²) in [6.45, 7) is 0.735. The molecule has 134 valence electrons. The molecule has 0 bridgehead atoms. The molecule has 7 nitrogen and oxygen atoms in total. The molecule has 1 aliphatic heterocycles. The molecule has 0 aliphatic carbocycles. The normalized spacial score (nSPS) is 16.4. The fraction of sp³-hybridized carbons (Fsp3) is 0.263. The molecule has 0 saturated carbocycles. The minimum atomic E-state index is -0.473. The van der Waals surface area contributed by atoms with E-state index in [0.717, 1.165) is 5.69 Å². The summed E-state index contributed by atoms with van der Waals surface area (Å²) in [4.78, 5) is 42.1. The van der Waals surface area contributed by atoms with Crippen molar-refractivity contribution in [2.24, 2.45) is 5.92 Å². The Morgan fingerprint density at radius 1 is 1.27 bits per heavy atom. The van der Waals surface area contributed by atoms with Gasteiger partial charge in [-0.2, -0.15) is 0 Å². The lowest BCUT2D eigenvalue weighted by Gasteiger charge is -2.16. The summed E-state index contributed by atoms with van der Waals surface area (Å²) >= 11 is 0. The molecular weight excluding hydrogens is 334 g/mol. The molecule has 2 amide bonds. The maximum Gasteiger partial charge on any atom is 0.337 e. The second kappa shape index (κ2) is 7.77. The molecule has 1 aromatic carbocycles. The number of amides is 2. The van der Waals surface area contributed by atoms with Gasteiger partial charge in [0.2, 0.25) is 11.8 Å². The average molecular weight is 353 g/mol.